The summed E-state index contributed by atoms with van der Waals surface area (Å²) in [5.41, 5.74) is 6.66. The molecule has 0 amide bonds. The lowest BCUT2D eigenvalue weighted by Crippen LogP contribution is -2.30. The minimum Gasteiger partial charge on any atom is -0.271 e. The third-order valence-electron chi connectivity index (χ3n) is 3.53. The molecule has 2 aromatic rings. The molecular formula is C16H18ClFN2. The van der Waals surface area contributed by atoms with Crippen molar-refractivity contribution in [2.24, 2.45) is 5.84 Å². The Morgan fingerprint density at radius 2 is 1.95 bits per heavy atom. The number of nitrogens with two attached hydrogens (primary N) is 1. The van der Waals surface area contributed by atoms with Crippen molar-refractivity contribution in [3.8, 4) is 0 Å². The number of aryl methyl sites for hydroxylation is 2. The van der Waals surface area contributed by atoms with E-state index in [1.165, 1.54) is 6.07 Å². The molecule has 1 unspecified atom stereocenters. The Kier molecular flexibility index (Phi) is 4.76. The van der Waals surface area contributed by atoms with Crippen molar-refractivity contribution in [3.05, 3.63) is 69.5 Å². The third kappa shape index (κ3) is 3.18. The van der Waals surface area contributed by atoms with E-state index in [1.54, 1.807) is 12.1 Å². The summed E-state index contributed by atoms with van der Waals surface area (Å²) >= 11 is 6.33. The fraction of sp³-hybridized carbons (Fsp3) is 0.250. The summed E-state index contributed by atoms with van der Waals surface area (Å²) in [5.74, 6) is 5.42. The van der Waals surface area contributed by atoms with Crippen molar-refractivity contribution in [3.63, 3.8) is 0 Å². The van der Waals surface area contributed by atoms with Gasteiger partial charge < -0.3 is 0 Å². The SMILES string of the molecule is Cc1ccc(F)cc1CC(NN)c1cccc(C)c1Cl. The quantitative estimate of drug-likeness (QED) is 0.664. The summed E-state index contributed by atoms with van der Waals surface area (Å²) < 4.78 is 13.4. The molecular weight excluding hydrogens is 275 g/mol. The number of nitrogens with one attached hydrogen (secondary N) is 1. The van der Waals surface area contributed by atoms with Crippen LogP contribution in [-0.2, 0) is 6.42 Å². The second-order valence-electron chi connectivity index (χ2n) is 4.97. The molecule has 0 spiro atoms. The van der Waals surface area contributed by atoms with Crippen LogP contribution in [-0.4, -0.2) is 0 Å². The summed E-state index contributed by atoms with van der Waals surface area (Å²) in [6.45, 7) is 3.91. The first kappa shape index (κ1) is 15.0. The van der Waals surface area contributed by atoms with Gasteiger partial charge in [-0.3, -0.25) is 11.3 Å². The summed E-state index contributed by atoms with van der Waals surface area (Å²) in [6.07, 6.45) is 0.587. The molecule has 106 valence electrons. The van der Waals surface area contributed by atoms with Crippen molar-refractivity contribution in [2.45, 2.75) is 26.3 Å². The minimum atomic E-state index is -0.239. The monoisotopic (exact) mass is 292 g/mol. The van der Waals surface area contributed by atoms with E-state index in [0.717, 1.165) is 22.3 Å². The van der Waals surface area contributed by atoms with Crippen LogP contribution in [0.25, 0.3) is 0 Å². The summed E-state index contributed by atoms with van der Waals surface area (Å²) in [5, 5.41) is 0.699. The zero-order chi connectivity index (χ0) is 14.7. The van der Waals surface area contributed by atoms with E-state index in [-0.39, 0.29) is 11.9 Å². The Morgan fingerprint density at radius 3 is 2.65 bits per heavy atom. The smallest absolute Gasteiger partial charge is 0.123 e. The van der Waals surface area contributed by atoms with Gasteiger partial charge in [-0.15, -0.1) is 0 Å². The maximum atomic E-state index is 13.4. The van der Waals surface area contributed by atoms with Gasteiger partial charge in [-0.1, -0.05) is 35.9 Å². The molecule has 0 bridgehead atoms. The Labute approximate surface area is 123 Å². The predicted molar refractivity (Wildman–Crippen MR) is 81.1 cm³/mol. The van der Waals surface area contributed by atoms with Gasteiger partial charge >= 0.3 is 0 Å². The lowest BCUT2D eigenvalue weighted by Gasteiger charge is -2.20. The van der Waals surface area contributed by atoms with Crippen molar-refractivity contribution >= 4 is 11.6 Å². The molecule has 0 saturated heterocycles. The molecule has 0 saturated carbocycles. The fourth-order valence-corrected chi connectivity index (χ4v) is 2.54. The highest BCUT2D eigenvalue weighted by Gasteiger charge is 2.16. The molecule has 0 fully saturated rings. The molecule has 0 aliphatic carbocycles. The van der Waals surface area contributed by atoms with E-state index in [2.05, 4.69) is 5.43 Å². The molecule has 20 heavy (non-hydrogen) atoms. The van der Waals surface area contributed by atoms with Crippen LogP contribution in [0.4, 0.5) is 4.39 Å². The Hall–Kier alpha value is -1.42. The number of benzene rings is 2. The third-order valence-corrected chi connectivity index (χ3v) is 4.05. The van der Waals surface area contributed by atoms with E-state index < -0.39 is 0 Å². The lowest BCUT2D eigenvalue weighted by molar-refractivity contribution is 0.547. The molecule has 1 atom stereocenters. The minimum absolute atomic E-state index is 0.150. The van der Waals surface area contributed by atoms with E-state index in [0.29, 0.717) is 11.4 Å². The highest BCUT2D eigenvalue weighted by molar-refractivity contribution is 6.32. The zero-order valence-electron chi connectivity index (χ0n) is 11.6. The predicted octanol–water partition coefficient (Wildman–Crippen LogP) is 3.84. The van der Waals surface area contributed by atoms with Crippen molar-refractivity contribution in [1.82, 2.24) is 5.43 Å². The summed E-state index contributed by atoms with van der Waals surface area (Å²) in [6, 6.07) is 10.5. The van der Waals surface area contributed by atoms with Crippen LogP contribution in [0.3, 0.4) is 0 Å². The number of hydrogen-bond acceptors (Lipinski definition) is 2. The van der Waals surface area contributed by atoms with Crippen LogP contribution in [0.15, 0.2) is 36.4 Å². The fourth-order valence-electron chi connectivity index (χ4n) is 2.28. The van der Waals surface area contributed by atoms with Gasteiger partial charge in [-0.2, -0.15) is 0 Å². The number of rotatable bonds is 4. The molecule has 0 radical (unpaired) electrons. The molecule has 0 aliphatic heterocycles. The van der Waals surface area contributed by atoms with Crippen LogP contribution in [0.5, 0.6) is 0 Å². The maximum absolute atomic E-state index is 13.4. The lowest BCUT2D eigenvalue weighted by atomic mass is 9.95. The van der Waals surface area contributed by atoms with Crippen molar-refractivity contribution < 1.29 is 4.39 Å². The van der Waals surface area contributed by atoms with Crippen molar-refractivity contribution in [1.29, 1.82) is 0 Å². The largest absolute Gasteiger partial charge is 0.271 e. The van der Waals surface area contributed by atoms with E-state index >= 15 is 0 Å². The van der Waals surface area contributed by atoms with E-state index in [4.69, 9.17) is 17.4 Å². The first-order valence-electron chi connectivity index (χ1n) is 6.49. The number of hydrazine groups is 1. The second kappa shape index (κ2) is 6.35. The standard InChI is InChI=1S/C16H18ClFN2/c1-10-6-7-13(18)8-12(10)9-15(20-19)14-5-3-4-11(2)16(14)17/h3-8,15,20H,9,19H2,1-2H3. The molecule has 3 N–H and O–H groups in total. The molecule has 2 rings (SSSR count). The highest BCUT2D eigenvalue weighted by Crippen LogP contribution is 2.28. The van der Waals surface area contributed by atoms with E-state index in [1.807, 2.05) is 32.0 Å². The average molecular weight is 293 g/mol. The number of hydrogen-bond donors (Lipinski definition) is 2. The second-order valence-corrected chi connectivity index (χ2v) is 5.35. The van der Waals surface area contributed by atoms with Crippen molar-refractivity contribution in [2.75, 3.05) is 0 Å². The van der Waals surface area contributed by atoms with Gasteiger partial charge in [0.2, 0.25) is 0 Å². The van der Waals surface area contributed by atoms with Gasteiger partial charge in [0.05, 0.1) is 6.04 Å². The van der Waals surface area contributed by atoms with Gasteiger partial charge in [0.25, 0.3) is 0 Å². The van der Waals surface area contributed by atoms with Crippen LogP contribution in [0.1, 0.15) is 28.3 Å². The first-order valence-corrected chi connectivity index (χ1v) is 6.87. The van der Waals surface area contributed by atoms with Gasteiger partial charge in [0.15, 0.2) is 0 Å². The molecule has 2 nitrogen and oxygen atoms in total. The van der Waals surface area contributed by atoms with Gasteiger partial charge in [-0.25, -0.2) is 4.39 Å². The normalized spacial score (nSPS) is 12.4. The Morgan fingerprint density at radius 1 is 1.20 bits per heavy atom. The van der Waals surface area contributed by atoms with Gasteiger partial charge in [-0.05, 0) is 54.7 Å². The molecule has 0 aromatic heterocycles. The maximum Gasteiger partial charge on any atom is 0.123 e. The van der Waals surface area contributed by atoms with Crippen LogP contribution in [0.2, 0.25) is 5.02 Å². The van der Waals surface area contributed by atoms with Gasteiger partial charge in [0.1, 0.15) is 5.82 Å². The Balaban J connectivity index is 2.34. The molecule has 0 heterocycles. The summed E-state index contributed by atoms with van der Waals surface area (Å²) in [4.78, 5) is 0. The van der Waals surface area contributed by atoms with Crippen LogP contribution >= 0.6 is 11.6 Å². The van der Waals surface area contributed by atoms with Crippen LogP contribution in [0, 0.1) is 19.7 Å². The van der Waals surface area contributed by atoms with Gasteiger partial charge in [0, 0.05) is 5.02 Å². The highest BCUT2D eigenvalue weighted by atomic mass is 35.5. The molecule has 2 aromatic carbocycles. The molecule has 4 heteroatoms. The first-order chi connectivity index (χ1) is 9.52. The number of halogens is 2. The average Bonchev–Trinajstić information content (AvgIpc) is 2.43. The molecule has 0 aliphatic rings. The Bertz CT molecular complexity index is 613. The summed E-state index contributed by atoms with van der Waals surface area (Å²) in [7, 11) is 0. The van der Waals surface area contributed by atoms with E-state index in [9.17, 15) is 4.39 Å². The zero-order valence-corrected chi connectivity index (χ0v) is 12.3. The van der Waals surface area contributed by atoms with Crippen LogP contribution < -0.4 is 11.3 Å². The topological polar surface area (TPSA) is 38.0 Å².